The predicted octanol–water partition coefficient (Wildman–Crippen LogP) is 4.49. The first kappa shape index (κ1) is 13.1. The predicted molar refractivity (Wildman–Crippen MR) is 73.0 cm³/mol. The van der Waals surface area contributed by atoms with Crippen LogP contribution in [0.4, 0.5) is 5.69 Å². The number of rotatable bonds is 2. The Balaban J connectivity index is 2.79. The highest BCUT2D eigenvalue weighted by atomic mass is 14.9. The fourth-order valence-electron chi connectivity index (χ4n) is 1.80. The lowest BCUT2D eigenvalue weighted by atomic mass is 9.88. The van der Waals surface area contributed by atoms with Crippen LogP contribution in [0.1, 0.15) is 47.1 Å². The first-order valence-corrected chi connectivity index (χ1v) is 6.03. The number of hydrogen-bond donors (Lipinski definition) is 1. The topological polar surface area (TPSA) is 12.0 Å². The molecule has 1 aromatic carbocycles. The molecule has 0 aliphatic carbocycles. The quantitative estimate of drug-likeness (QED) is 0.773. The Morgan fingerprint density at radius 2 is 1.62 bits per heavy atom. The number of anilines is 1. The Labute approximate surface area is 100 Å². The van der Waals surface area contributed by atoms with E-state index in [1.807, 2.05) is 0 Å². The van der Waals surface area contributed by atoms with Crippen LogP contribution < -0.4 is 5.32 Å². The zero-order valence-electron chi connectivity index (χ0n) is 11.5. The highest BCUT2D eigenvalue weighted by molar-refractivity contribution is 5.47. The summed E-state index contributed by atoms with van der Waals surface area (Å²) in [6.07, 6.45) is 1.12. The van der Waals surface area contributed by atoms with Gasteiger partial charge in [0.25, 0.3) is 0 Å². The van der Waals surface area contributed by atoms with Crippen LogP contribution in [-0.2, 0) is 6.42 Å². The first-order valence-electron chi connectivity index (χ1n) is 6.03. The van der Waals surface area contributed by atoms with Crippen molar-refractivity contribution in [3.8, 4) is 0 Å². The molecule has 1 N–H and O–H groups in total. The first-order chi connectivity index (χ1) is 7.16. The van der Waals surface area contributed by atoms with Gasteiger partial charge in [-0.3, -0.25) is 0 Å². The molecular formula is C15H25N. The summed E-state index contributed by atoms with van der Waals surface area (Å²) in [7, 11) is 0. The molecule has 0 aliphatic rings. The van der Waals surface area contributed by atoms with Crippen LogP contribution in [0.15, 0.2) is 24.3 Å². The summed E-state index contributed by atoms with van der Waals surface area (Å²) in [4.78, 5) is 0. The van der Waals surface area contributed by atoms with Gasteiger partial charge in [0.05, 0.1) is 0 Å². The van der Waals surface area contributed by atoms with Gasteiger partial charge in [-0.2, -0.15) is 0 Å². The van der Waals surface area contributed by atoms with Crippen molar-refractivity contribution in [1.82, 2.24) is 0 Å². The van der Waals surface area contributed by atoms with E-state index in [0.29, 0.717) is 5.41 Å². The molecular weight excluding hydrogens is 194 g/mol. The van der Waals surface area contributed by atoms with Gasteiger partial charge in [0, 0.05) is 11.2 Å². The number of benzene rings is 1. The molecule has 0 unspecified atom stereocenters. The minimum absolute atomic E-state index is 0.125. The van der Waals surface area contributed by atoms with Crippen LogP contribution in [0.2, 0.25) is 0 Å². The Morgan fingerprint density at radius 1 is 1.00 bits per heavy atom. The van der Waals surface area contributed by atoms with E-state index in [9.17, 15) is 0 Å². The molecule has 0 aromatic heterocycles. The van der Waals surface area contributed by atoms with Crippen LogP contribution in [0.3, 0.4) is 0 Å². The van der Waals surface area contributed by atoms with Crippen LogP contribution in [0.5, 0.6) is 0 Å². The van der Waals surface area contributed by atoms with Crippen molar-refractivity contribution in [3.63, 3.8) is 0 Å². The third-order valence-corrected chi connectivity index (χ3v) is 2.18. The Morgan fingerprint density at radius 3 is 2.12 bits per heavy atom. The fraction of sp³-hybridized carbons (Fsp3) is 0.600. The summed E-state index contributed by atoms with van der Waals surface area (Å²) in [5.41, 5.74) is 3.09. The maximum absolute atomic E-state index is 3.51. The molecule has 0 aliphatic heterocycles. The number of hydrogen-bond acceptors (Lipinski definition) is 1. The summed E-state index contributed by atoms with van der Waals surface area (Å²) in [6.45, 7) is 13.4. The molecule has 0 heterocycles. The molecule has 90 valence electrons. The Kier molecular flexibility index (Phi) is 3.67. The summed E-state index contributed by atoms with van der Waals surface area (Å²) < 4.78 is 0. The third kappa shape index (κ3) is 5.20. The van der Waals surface area contributed by atoms with Crippen molar-refractivity contribution in [2.75, 3.05) is 5.32 Å². The molecule has 0 radical (unpaired) electrons. The van der Waals surface area contributed by atoms with Gasteiger partial charge >= 0.3 is 0 Å². The molecule has 0 bridgehead atoms. The molecule has 0 saturated carbocycles. The highest BCUT2D eigenvalue weighted by Crippen LogP contribution is 2.23. The van der Waals surface area contributed by atoms with E-state index in [1.165, 1.54) is 11.3 Å². The lowest BCUT2D eigenvalue weighted by molar-refractivity contribution is 0.411. The second-order valence-electron chi connectivity index (χ2n) is 6.81. The van der Waals surface area contributed by atoms with E-state index in [1.54, 1.807) is 0 Å². The van der Waals surface area contributed by atoms with Crippen molar-refractivity contribution < 1.29 is 0 Å². The average Bonchev–Trinajstić information content (AvgIpc) is 1.96. The zero-order chi connectivity index (χ0) is 12.4. The average molecular weight is 219 g/mol. The lowest BCUT2D eigenvalue weighted by Crippen LogP contribution is -2.26. The molecule has 0 atom stereocenters. The van der Waals surface area contributed by atoms with Crippen LogP contribution >= 0.6 is 0 Å². The van der Waals surface area contributed by atoms with Crippen molar-refractivity contribution in [2.24, 2.45) is 5.41 Å². The van der Waals surface area contributed by atoms with E-state index in [0.717, 1.165) is 6.42 Å². The molecule has 0 saturated heterocycles. The van der Waals surface area contributed by atoms with E-state index in [2.05, 4.69) is 71.1 Å². The Hall–Kier alpha value is -0.980. The van der Waals surface area contributed by atoms with Crippen LogP contribution in [-0.4, -0.2) is 5.54 Å². The molecule has 1 aromatic rings. The second kappa shape index (κ2) is 4.48. The van der Waals surface area contributed by atoms with Crippen LogP contribution in [0, 0.1) is 5.41 Å². The largest absolute Gasteiger partial charge is 0.380 e. The summed E-state index contributed by atoms with van der Waals surface area (Å²) in [5.74, 6) is 0. The van der Waals surface area contributed by atoms with E-state index < -0.39 is 0 Å². The highest BCUT2D eigenvalue weighted by Gasteiger charge is 2.13. The summed E-state index contributed by atoms with van der Waals surface area (Å²) in [6, 6.07) is 8.74. The molecule has 0 amide bonds. The summed E-state index contributed by atoms with van der Waals surface area (Å²) >= 11 is 0. The SMILES string of the molecule is CC(C)(C)Cc1cccc(NC(C)(C)C)c1. The van der Waals surface area contributed by atoms with Crippen molar-refractivity contribution >= 4 is 5.69 Å². The molecule has 0 spiro atoms. The van der Waals surface area contributed by atoms with Gasteiger partial charge in [-0.05, 0) is 50.3 Å². The fourth-order valence-corrected chi connectivity index (χ4v) is 1.80. The van der Waals surface area contributed by atoms with Gasteiger partial charge in [0.2, 0.25) is 0 Å². The second-order valence-corrected chi connectivity index (χ2v) is 6.81. The van der Waals surface area contributed by atoms with E-state index >= 15 is 0 Å². The number of nitrogens with one attached hydrogen (secondary N) is 1. The zero-order valence-corrected chi connectivity index (χ0v) is 11.5. The molecule has 0 fully saturated rings. The maximum Gasteiger partial charge on any atom is 0.0346 e. The van der Waals surface area contributed by atoms with Crippen molar-refractivity contribution in [1.29, 1.82) is 0 Å². The molecule has 1 nitrogen and oxygen atoms in total. The monoisotopic (exact) mass is 219 g/mol. The maximum atomic E-state index is 3.51. The van der Waals surface area contributed by atoms with Gasteiger partial charge in [-0.1, -0.05) is 32.9 Å². The normalized spacial score (nSPS) is 12.6. The summed E-state index contributed by atoms with van der Waals surface area (Å²) in [5, 5.41) is 3.51. The van der Waals surface area contributed by atoms with Gasteiger partial charge in [0.15, 0.2) is 0 Å². The van der Waals surface area contributed by atoms with Gasteiger partial charge in [0.1, 0.15) is 0 Å². The molecule has 1 rings (SSSR count). The molecule has 1 heteroatoms. The smallest absolute Gasteiger partial charge is 0.0346 e. The van der Waals surface area contributed by atoms with E-state index in [4.69, 9.17) is 0 Å². The van der Waals surface area contributed by atoms with Gasteiger partial charge in [-0.15, -0.1) is 0 Å². The minimum atomic E-state index is 0.125. The van der Waals surface area contributed by atoms with Crippen molar-refractivity contribution in [2.45, 2.75) is 53.5 Å². The van der Waals surface area contributed by atoms with Gasteiger partial charge < -0.3 is 5.32 Å². The lowest BCUT2D eigenvalue weighted by Gasteiger charge is -2.23. The minimum Gasteiger partial charge on any atom is -0.380 e. The van der Waals surface area contributed by atoms with Crippen molar-refractivity contribution in [3.05, 3.63) is 29.8 Å². The van der Waals surface area contributed by atoms with Gasteiger partial charge in [-0.25, -0.2) is 0 Å². The third-order valence-electron chi connectivity index (χ3n) is 2.18. The van der Waals surface area contributed by atoms with Crippen LogP contribution in [0.25, 0.3) is 0 Å². The molecule has 16 heavy (non-hydrogen) atoms. The Bertz CT molecular complexity index is 308. The standard InChI is InChI=1S/C15H25N/c1-14(2,3)11-12-8-7-9-13(10-12)16-15(4,5)6/h7-10,16H,11H2,1-6H3. The van der Waals surface area contributed by atoms with E-state index in [-0.39, 0.29) is 5.54 Å².